The number of carbonyl (C=O) groups excluding carboxylic acids is 3. The Morgan fingerprint density at radius 1 is 1.00 bits per heavy atom. The molecule has 3 unspecified atom stereocenters. The molecule has 0 bridgehead atoms. The summed E-state index contributed by atoms with van der Waals surface area (Å²) in [6.07, 6.45) is 3.17. The molecule has 0 saturated carbocycles. The van der Waals surface area contributed by atoms with Crippen LogP contribution >= 0.6 is 0 Å². The zero-order chi connectivity index (χ0) is 25.4. The molecule has 1 aliphatic rings. The van der Waals surface area contributed by atoms with Gasteiger partial charge in [0.25, 0.3) is 11.8 Å². The molecule has 2 amide bonds. The summed E-state index contributed by atoms with van der Waals surface area (Å²) in [6, 6.07) is 16.9. The van der Waals surface area contributed by atoms with Crippen molar-refractivity contribution in [3.63, 3.8) is 0 Å². The molecule has 7 nitrogen and oxygen atoms in total. The normalized spacial score (nSPS) is 18.5. The van der Waals surface area contributed by atoms with E-state index in [0.29, 0.717) is 17.9 Å². The fourth-order valence-corrected chi connectivity index (χ4v) is 4.64. The second-order valence-corrected chi connectivity index (χ2v) is 9.34. The number of rotatable bonds is 9. The van der Waals surface area contributed by atoms with Gasteiger partial charge in [-0.05, 0) is 62.9 Å². The average Bonchev–Trinajstić information content (AvgIpc) is 2.87. The van der Waals surface area contributed by atoms with Gasteiger partial charge in [0.2, 0.25) is 0 Å². The van der Waals surface area contributed by atoms with Crippen molar-refractivity contribution in [2.45, 2.75) is 58.7 Å². The van der Waals surface area contributed by atoms with Gasteiger partial charge < -0.3 is 19.3 Å². The first-order valence-corrected chi connectivity index (χ1v) is 12.2. The number of piperidine rings is 1. The quantitative estimate of drug-likeness (QED) is 0.500. The van der Waals surface area contributed by atoms with Gasteiger partial charge in [0.15, 0.2) is 6.61 Å². The van der Waals surface area contributed by atoms with Crippen molar-refractivity contribution in [3.8, 4) is 5.75 Å². The Bertz CT molecular complexity index is 982. The molecular weight excluding hydrogens is 444 g/mol. The molecule has 188 valence electrons. The highest BCUT2D eigenvalue weighted by Gasteiger charge is 2.29. The predicted octanol–water partition coefficient (Wildman–Crippen LogP) is 4.31. The summed E-state index contributed by atoms with van der Waals surface area (Å²) in [5.74, 6) is -0.494. The van der Waals surface area contributed by atoms with E-state index in [9.17, 15) is 14.4 Å². The van der Waals surface area contributed by atoms with Crippen LogP contribution in [0, 0.1) is 5.92 Å². The van der Waals surface area contributed by atoms with Crippen molar-refractivity contribution in [1.82, 2.24) is 9.80 Å². The molecule has 35 heavy (non-hydrogen) atoms. The van der Waals surface area contributed by atoms with Crippen molar-refractivity contribution in [3.05, 3.63) is 65.7 Å². The molecule has 2 aromatic rings. The number of esters is 1. The summed E-state index contributed by atoms with van der Waals surface area (Å²) < 4.78 is 10.6. The number of methoxy groups -OCH3 is 1. The predicted molar refractivity (Wildman–Crippen MR) is 134 cm³/mol. The largest absolute Gasteiger partial charge is 0.484 e. The minimum Gasteiger partial charge on any atom is -0.484 e. The van der Waals surface area contributed by atoms with Crippen LogP contribution < -0.4 is 4.74 Å². The van der Waals surface area contributed by atoms with Gasteiger partial charge in [-0.1, -0.05) is 37.3 Å². The van der Waals surface area contributed by atoms with Gasteiger partial charge in [-0.3, -0.25) is 14.4 Å². The van der Waals surface area contributed by atoms with Gasteiger partial charge in [0, 0.05) is 30.7 Å². The minimum absolute atomic E-state index is 0.0179. The van der Waals surface area contributed by atoms with E-state index in [-0.39, 0.29) is 43.0 Å². The third-order valence-corrected chi connectivity index (χ3v) is 6.55. The highest BCUT2D eigenvalue weighted by Crippen LogP contribution is 2.23. The maximum Gasteiger partial charge on any atom is 0.310 e. The summed E-state index contributed by atoms with van der Waals surface area (Å²) in [4.78, 5) is 41.6. The first-order valence-electron chi connectivity index (χ1n) is 12.2. The molecule has 0 radical (unpaired) electrons. The van der Waals surface area contributed by atoms with Crippen LogP contribution in [0.15, 0.2) is 54.6 Å². The Kier molecular flexibility index (Phi) is 9.29. The SMILES string of the molecule is COC(=O)C(C)CN(Cc1ccccc1)C(=O)c1ccc(OCC(=O)N2C(C)CCCC2C)cc1. The third-order valence-electron chi connectivity index (χ3n) is 6.55. The zero-order valence-corrected chi connectivity index (χ0v) is 21.1. The first-order chi connectivity index (χ1) is 16.8. The molecule has 3 rings (SSSR count). The molecule has 0 spiro atoms. The van der Waals surface area contributed by atoms with E-state index >= 15 is 0 Å². The third kappa shape index (κ3) is 7.07. The van der Waals surface area contributed by atoms with Crippen LogP contribution in [0.5, 0.6) is 5.75 Å². The maximum absolute atomic E-state index is 13.3. The van der Waals surface area contributed by atoms with Crippen molar-refractivity contribution in [2.24, 2.45) is 5.92 Å². The topological polar surface area (TPSA) is 76.1 Å². The molecule has 0 N–H and O–H groups in total. The zero-order valence-electron chi connectivity index (χ0n) is 21.1. The summed E-state index contributed by atoms with van der Waals surface area (Å²) >= 11 is 0. The first kappa shape index (κ1) is 26.3. The Morgan fingerprint density at radius 3 is 2.23 bits per heavy atom. The highest BCUT2D eigenvalue weighted by molar-refractivity contribution is 5.94. The number of carbonyl (C=O) groups is 3. The van der Waals surface area contributed by atoms with E-state index in [1.165, 1.54) is 7.11 Å². The van der Waals surface area contributed by atoms with E-state index in [1.807, 2.05) is 35.2 Å². The number of hydrogen-bond acceptors (Lipinski definition) is 5. The Morgan fingerprint density at radius 2 is 1.63 bits per heavy atom. The summed E-state index contributed by atoms with van der Waals surface area (Å²) in [5, 5.41) is 0. The Labute approximate surface area is 208 Å². The minimum atomic E-state index is -0.458. The van der Waals surface area contributed by atoms with Gasteiger partial charge in [0.05, 0.1) is 13.0 Å². The number of amides is 2. The molecule has 1 saturated heterocycles. The maximum atomic E-state index is 13.3. The fourth-order valence-electron chi connectivity index (χ4n) is 4.64. The number of nitrogens with zero attached hydrogens (tertiary/aromatic N) is 2. The van der Waals surface area contributed by atoms with Crippen LogP contribution in [0.3, 0.4) is 0 Å². The summed E-state index contributed by atoms with van der Waals surface area (Å²) in [5.41, 5.74) is 1.45. The van der Waals surface area contributed by atoms with E-state index < -0.39 is 5.92 Å². The smallest absolute Gasteiger partial charge is 0.310 e. The molecular formula is C28H36N2O5. The van der Waals surface area contributed by atoms with Crippen LogP contribution in [0.2, 0.25) is 0 Å². The Hall–Kier alpha value is -3.35. The monoisotopic (exact) mass is 480 g/mol. The van der Waals surface area contributed by atoms with Crippen LogP contribution in [-0.4, -0.2) is 59.9 Å². The van der Waals surface area contributed by atoms with E-state index in [2.05, 4.69) is 13.8 Å². The second kappa shape index (κ2) is 12.4. The van der Waals surface area contributed by atoms with Crippen LogP contribution in [0.25, 0.3) is 0 Å². The average molecular weight is 481 g/mol. The van der Waals surface area contributed by atoms with Crippen LogP contribution in [-0.2, 0) is 20.9 Å². The number of hydrogen-bond donors (Lipinski definition) is 0. The second-order valence-electron chi connectivity index (χ2n) is 9.34. The van der Waals surface area contributed by atoms with E-state index in [1.54, 1.807) is 36.1 Å². The van der Waals surface area contributed by atoms with Crippen molar-refractivity contribution in [2.75, 3.05) is 20.3 Å². The van der Waals surface area contributed by atoms with E-state index in [0.717, 1.165) is 24.8 Å². The number of likely N-dealkylation sites (tertiary alicyclic amines) is 1. The van der Waals surface area contributed by atoms with Crippen molar-refractivity contribution in [1.29, 1.82) is 0 Å². The fraction of sp³-hybridized carbons (Fsp3) is 0.464. The number of benzene rings is 2. The lowest BCUT2D eigenvalue weighted by Gasteiger charge is -2.38. The molecule has 1 fully saturated rings. The van der Waals surface area contributed by atoms with Gasteiger partial charge >= 0.3 is 5.97 Å². The van der Waals surface area contributed by atoms with E-state index in [4.69, 9.17) is 9.47 Å². The molecule has 1 aliphatic heterocycles. The van der Waals surface area contributed by atoms with Gasteiger partial charge in [-0.15, -0.1) is 0 Å². The van der Waals surface area contributed by atoms with Crippen LogP contribution in [0.1, 0.15) is 56.0 Å². The lowest BCUT2D eigenvalue weighted by Crippen LogP contribution is -2.49. The molecule has 0 aliphatic carbocycles. The molecule has 0 aromatic heterocycles. The Balaban J connectivity index is 1.66. The molecule has 2 aromatic carbocycles. The van der Waals surface area contributed by atoms with Crippen molar-refractivity contribution >= 4 is 17.8 Å². The van der Waals surface area contributed by atoms with Crippen molar-refractivity contribution < 1.29 is 23.9 Å². The lowest BCUT2D eigenvalue weighted by atomic mass is 9.97. The van der Waals surface area contributed by atoms with Gasteiger partial charge in [-0.2, -0.15) is 0 Å². The molecule has 1 heterocycles. The standard InChI is InChI=1S/C28H36N2O5/c1-20(28(33)34-4)17-29(18-23-11-6-5-7-12-23)27(32)24-13-15-25(16-14-24)35-19-26(31)30-21(2)9-8-10-22(30)3/h5-7,11-16,20-22H,8-10,17-19H2,1-4H3. The number of ether oxygens (including phenoxy) is 2. The molecule has 3 atom stereocenters. The lowest BCUT2D eigenvalue weighted by molar-refractivity contribution is -0.145. The summed E-state index contributed by atoms with van der Waals surface area (Å²) in [6.45, 7) is 6.49. The highest BCUT2D eigenvalue weighted by atomic mass is 16.5. The van der Waals surface area contributed by atoms with Crippen LogP contribution in [0.4, 0.5) is 0 Å². The summed E-state index contributed by atoms with van der Waals surface area (Å²) in [7, 11) is 1.35. The van der Waals surface area contributed by atoms with Gasteiger partial charge in [-0.25, -0.2) is 0 Å². The van der Waals surface area contributed by atoms with Gasteiger partial charge in [0.1, 0.15) is 5.75 Å². The molecule has 7 heteroatoms.